The number of carbonyl (C=O) groups is 1. The van der Waals surface area contributed by atoms with E-state index in [2.05, 4.69) is 5.32 Å². The number of halogens is 2. The zero-order valence-electron chi connectivity index (χ0n) is 11.2. The molecule has 0 atom stereocenters. The number of rotatable bonds is 3. The molecule has 20 heavy (non-hydrogen) atoms. The highest BCUT2D eigenvalue weighted by molar-refractivity contribution is 6.04. The molecule has 0 heterocycles. The van der Waals surface area contributed by atoms with Crippen molar-refractivity contribution in [1.29, 1.82) is 0 Å². The van der Waals surface area contributed by atoms with Crippen molar-refractivity contribution in [2.75, 3.05) is 24.3 Å². The van der Waals surface area contributed by atoms with E-state index >= 15 is 0 Å². The van der Waals surface area contributed by atoms with Crippen molar-refractivity contribution in [3.63, 3.8) is 0 Å². The molecule has 1 amide bonds. The first kappa shape index (κ1) is 14.0. The third-order valence-electron chi connectivity index (χ3n) is 2.82. The lowest BCUT2D eigenvalue weighted by Crippen LogP contribution is -2.15. The van der Waals surface area contributed by atoms with Crippen molar-refractivity contribution in [3.8, 4) is 0 Å². The lowest BCUT2D eigenvalue weighted by Gasteiger charge is -2.13. The van der Waals surface area contributed by atoms with Crippen LogP contribution in [0.15, 0.2) is 42.5 Å². The number of hydrogen-bond acceptors (Lipinski definition) is 2. The molecule has 0 aromatic heterocycles. The van der Waals surface area contributed by atoms with Gasteiger partial charge in [0.2, 0.25) is 0 Å². The average molecular weight is 276 g/mol. The summed E-state index contributed by atoms with van der Waals surface area (Å²) in [6.45, 7) is 0. The van der Waals surface area contributed by atoms with Crippen LogP contribution in [-0.2, 0) is 0 Å². The molecule has 104 valence electrons. The minimum absolute atomic E-state index is 0.176. The molecule has 0 radical (unpaired) electrons. The Kier molecular flexibility index (Phi) is 3.98. The van der Waals surface area contributed by atoms with E-state index < -0.39 is 17.5 Å². The second-order valence-electron chi connectivity index (χ2n) is 4.50. The predicted molar refractivity (Wildman–Crippen MR) is 75.1 cm³/mol. The Labute approximate surface area is 115 Å². The van der Waals surface area contributed by atoms with E-state index in [9.17, 15) is 13.6 Å². The summed E-state index contributed by atoms with van der Waals surface area (Å²) in [4.78, 5) is 13.9. The largest absolute Gasteiger partial charge is 0.378 e. The number of carbonyl (C=O) groups excluding carboxylic acids is 1. The maximum Gasteiger partial charge on any atom is 0.255 e. The molecule has 0 spiro atoms. The van der Waals surface area contributed by atoms with Gasteiger partial charge in [-0.2, -0.15) is 0 Å². The lowest BCUT2D eigenvalue weighted by molar-refractivity contribution is 0.102. The van der Waals surface area contributed by atoms with Crippen LogP contribution in [0.25, 0.3) is 0 Å². The van der Waals surface area contributed by atoms with Crippen molar-refractivity contribution in [2.45, 2.75) is 0 Å². The molecular weight excluding hydrogens is 262 g/mol. The number of nitrogens with zero attached hydrogens (tertiary/aromatic N) is 1. The van der Waals surface area contributed by atoms with Gasteiger partial charge in [0.25, 0.3) is 5.91 Å². The Morgan fingerprint density at radius 1 is 1.10 bits per heavy atom. The number of nitrogens with one attached hydrogen (secondary N) is 1. The van der Waals surface area contributed by atoms with Gasteiger partial charge in [-0.05, 0) is 30.3 Å². The highest BCUT2D eigenvalue weighted by atomic mass is 19.2. The molecule has 0 saturated carbocycles. The average Bonchev–Trinajstić information content (AvgIpc) is 2.44. The minimum Gasteiger partial charge on any atom is -0.378 e. The third-order valence-corrected chi connectivity index (χ3v) is 2.82. The van der Waals surface area contributed by atoms with Crippen molar-refractivity contribution in [3.05, 3.63) is 59.7 Å². The number of hydrogen-bond donors (Lipinski definition) is 1. The molecule has 3 nitrogen and oxygen atoms in total. The van der Waals surface area contributed by atoms with Crippen LogP contribution in [0, 0.1) is 11.6 Å². The Bertz CT molecular complexity index is 642. The van der Waals surface area contributed by atoms with Gasteiger partial charge in [-0.1, -0.05) is 12.1 Å². The summed E-state index contributed by atoms with van der Waals surface area (Å²) < 4.78 is 26.6. The summed E-state index contributed by atoms with van der Waals surface area (Å²) in [5.74, 6) is -2.55. The molecule has 1 N–H and O–H groups in total. The molecule has 2 aromatic carbocycles. The van der Waals surface area contributed by atoms with E-state index in [1.807, 2.05) is 25.1 Å². The SMILES string of the molecule is CN(C)c1cccc(C(=O)Nc2cccc(F)c2F)c1. The Balaban J connectivity index is 2.24. The fourth-order valence-electron chi connectivity index (χ4n) is 1.72. The Hall–Kier alpha value is -2.43. The summed E-state index contributed by atoms with van der Waals surface area (Å²) in [5.41, 5.74) is 1.04. The van der Waals surface area contributed by atoms with Crippen LogP contribution < -0.4 is 10.2 Å². The first-order chi connectivity index (χ1) is 9.49. The smallest absolute Gasteiger partial charge is 0.255 e. The van der Waals surface area contributed by atoms with Crippen molar-refractivity contribution in [1.82, 2.24) is 0 Å². The first-order valence-electron chi connectivity index (χ1n) is 6.02. The monoisotopic (exact) mass is 276 g/mol. The second kappa shape index (κ2) is 5.69. The second-order valence-corrected chi connectivity index (χ2v) is 4.50. The third kappa shape index (κ3) is 2.93. The molecular formula is C15H14F2N2O. The summed E-state index contributed by atoms with van der Waals surface area (Å²) in [7, 11) is 3.70. The quantitative estimate of drug-likeness (QED) is 0.933. The highest BCUT2D eigenvalue weighted by Gasteiger charge is 2.12. The van der Waals surface area contributed by atoms with Crippen molar-refractivity contribution < 1.29 is 13.6 Å². The van der Waals surface area contributed by atoms with Crippen LogP contribution in [-0.4, -0.2) is 20.0 Å². The molecule has 2 rings (SSSR count). The van der Waals surface area contributed by atoms with Crippen LogP contribution in [0.4, 0.5) is 20.2 Å². The predicted octanol–water partition coefficient (Wildman–Crippen LogP) is 3.28. The van der Waals surface area contributed by atoms with Crippen LogP contribution in [0.2, 0.25) is 0 Å². The Morgan fingerprint density at radius 2 is 1.80 bits per heavy atom. The molecule has 0 unspecified atom stereocenters. The van der Waals surface area contributed by atoms with Gasteiger partial charge in [0.05, 0.1) is 5.69 Å². The van der Waals surface area contributed by atoms with Crippen LogP contribution in [0.1, 0.15) is 10.4 Å². The Morgan fingerprint density at radius 3 is 2.50 bits per heavy atom. The summed E-state index contributed by atoms with van der Waals surface area (Å²) >= 11 is 0. The minimum atomic E-state index is -1.07. The zero-order valence-corrected chi connectivity index (χ0v) is 11.2. The number of amides is 1. The molecule has 0 saturated heterocycles. The van der Waals surface area contributed by atoms with E-state index in [1.165, 1.54) is 12.1 Å². The fraction of sp³-hybridized carbons (Fsp3) is 0.133. The molecule has 0 aliphatic rings. The van der Waals surface area contributed by atoms with Gasteiger partial charge in [0.1, 0.15) is 0 Å². The normalized spacial score (nSPS) is 10.2. The molecule has 0 bridgehead atoms. The lowest BCUT2D eigenvalue weighted by atomic mass is 10.1. The van der Waals surface area contributed by atoms with Gasteiger partial charge in [-0.3, -0.25) is 4.79 Å². The molecule has 5 heteroatoms. The van der Waals surface area contributed by atoms with Gasteiger partial charge in [-0.15, -0.1) is 0 Å². The zero-order chi connectivity index (χ0) is 14.7. The molecule has 0 fully saturated rings. The fourth-order valence-corrected chi connectivity index (χ4v) is 1.72. The molecule has 0 aliphatic carbocycles. The highest BCUT2D eigenvalue weighted by Crippen LogP contribution is 2.19. The standard InChI is InChI=1S/C15H14F2N2O/c1-19(2)11-6-3-5-10(9-11)15(20)18-13-8-4-7-12(16)14(13)17/h3-9H,1-2H3,(H,18,20). The maximum atomic E-state index is 13.5. The van der Waals surface area contributed by atoms with E-state index in [4.69, 9.17) is 0 Å². The summed E-state index contributed by atoms with van der Waals surface area (Å²) in [6, 6.07) is 10.5. The van der Waals surface area contributed by atoms with Gasteiger partial charge in [-0.25, -0.2) is 8.78 Å². The van der Waals surface area contributed by atoms with E-state index in [0.29, 0.717) is 5.56 Å². The van der Waals surface area contributed by atoms with Crippen molar-refractivity contribution >= 4 is 17.3 Å². The van der Waals surface area contributed by atoms with Gasteiger partial charge in [0, 0.05) is 25.3 Å². The van der Waals surface area contributed by atoms with Gasteiger partial charge >= 0.3 is 0 Å². The number of anilines is 2. The summed E-state index contributed by atoms with van der Waals surface area (Å²) in [5, 5.41) is 2.36. The molecule has 2 aromatic rings. The van der Waals surface area contributed by atoms with Crippen LogP contribution >= 0.6 is 0 Å². The van der Waals surface area contributed by atoms with E-state index in [-0.39, 0.29) is 5.69 Å². The summed E-state index contributed by atoms with van der Waals surface area (Å²) in [6.07, 6.45) is 0. The van der Waals surface area contributed by atoms with Gasteiger partial charge in [0.15, 0.2) is 11.6 Å². The van der Waals surface area contributed by atoms with E-state index in [0.717, 1.165) is 11.8 Å². The van der Waals surface area contributed by atoms with E-state index in [1.54, 1.807) is 18.2 Å². The van der Waals surface area contributed by atoms with Crippen LogP contribution in [0.5, 0.6) is 0 Å². The number of benzene rings is 2. The van der Waals surface area contributed by atoms with Crippen molar-refractivity contribution in [2.24, 2.45) is 0 Å². The first-order valence-corrected chi connectivity index (χ1v) is 6.02. The maximum absolute atomic E-state index is 13.5. The topological polar surface area (TPSA) is 32.3 Å². The molecule has 0 aliphatic heterocycles. The van der Waals surface area contributed by atoms with Crippen LogP contribution in [0.3, 0.4) is 0 Å². The van der Waals surface area contributed by atoms with Gasteiger partial charge < -0.3 is 10.2 Å².